The predicted octanol–water partition coefficient (Wildman–Crippen LogP) is 4.50. The van der Waals surface area contributed by atoms with E-state index < -0.39 is 11.9 Å². The van der Waals surface area contributed by atoms with Gasteiger partial charge in [-0.1, -0.05) is 28.9 Å². The summed E-state index contributed by atoms with van der Waals surface area (Å²) in [5.74, 6) is 0.925. The van der Waals surface area contributed by atoms with Crippen molar-refractivity contribution < 1.29 is 18.5 Å². The van der Waals surface area contributed by atoms with Crippen LogP contribution in [0.4, 0.5) is 5.82 Å². The number of methoxy groups -OCH3 is 1. The molecule has 0 unspecified atom stereocenters. The van der Waals surface area contributed by atoms with E-state index in [4.69, 9.17) is 25.3 Å². The molecule has 30 heavy (non-hydrogen) atoms. The molecule has 1 atom stereocenters. The number of aryl methyl sites for hydroxylation is 1. The molecule has 1 amide bonds. The van der Waals surface area contributed by atoms with Crippen LogP contribution in [0.1, 0.15) is 33.5 Å². The number of halogens is 1. The van der Waals surface area contributed by atoms with Gasteiger partial charge in [0.15, 0.2) is 11.2 Å². The number of nitrogens with zero attached hydrogens (tertiary/aromatic N) is 2. The van der Waals surface area contributed by atoms with Crippen LogP contribution in [0.15, 0.2) is 62.3 Å². The van der Waals surface area contributed by atoms with E-state index in [1.54, 1.807) is 56.5 Å². The van der Waals surface area contributed by atoms with Crippen molar-refractivity contribution in [1.29, 1.82) is 0 Å². The van der Waals surface area contributed by atoms with Crippen molar-refractivity contribution in [3.63, 3.8) is 0 Å². The maximum absolute atomic E-state index is 13.5. The number of hydrogen-bond donors (Lipinski definition) is 0. The van der Waals surface area contributed by atoms with Crippen LogP contribution < -0.4 is 15.1 Å². The third-order valence-electron chi connectivity index (χ3n) is 5.10. The Morgan fingerprint density at radius 2 is 1.97 bits per heavy atom. The van der Waals surface area contributed by atoms with E-state index >= 15 is 0 Å². The maximum atomic E-state index is 13.5. The summed E-state index contributed by atoms with van der Waals surface area (Å²) in [4.78, 5) is 28.2. The molecule has 5 rings (SSSR count). The van der Waals surface area contributed by atoms with Gasteiger partial charge in [0.2, 0.25) is 5.76 Å². The van der Waals surface area contributed by atoms with Crippen LogP contribution in [0.3, 0.4) is 0 Å². The first-order chi connectivity index (χ1) is 14.5. The van der Waals surface area contributed by atoms with Crippen LogP contribution in [-0.2, 0) is 0 Å². The van der Waals surface area contributed by atoms with Gasteiger partial charge in [0.1, 0.15) is 17.1 Å². The molecule has 0 radical (unpaired) electrons. The number of rotatable bonds is 3. The summed E-state index contributed by atoms with van der Waals surface area (Å²) in [5, 5.41) is 4.71. The second-order valence-corrected chi connectivity index (χ2v) is 7.40. The number of hydrogen-bond acceptors (Lipinski definition) is 6. The number of fused-ring (bicyclic) bond motifs is 2. The fourth-order valence-electron chi connectivity index (χ4n) is 3.78. The Morgan fingerprint density at radius 1 is 1.13 bits per heavy atom. The molecule has 0 fully saturated rings. The van der Waals surface area contributed by atoms with E-state index in [9.17, 15) is 9.59 Å². The first-order valence-electron chi connectivity index (χ1n) is 9.15. The summed E-state index contributed by atoms with van der Waals surface area (Å²) >= 11 is 6.09. The lowest BCUT2D eigenvalue weighted by Crippen LogP contribution is -2.29. The van der Waals surface area contributed by atoms with Crippen molar-refractivity contribution in [2.45, 2.75) is 13.0 Å². The molecule has 0 N–H and O–H groups in total. The van der Waals surface area contributed by atoms with Crippen LogP contribution in [0.25, 0.3) is 11.0 Å². The van der Waals surface area contributed by atoms with Crippen LogP contribution in [0, 0.1) is 6.92 Å². The lowest BCUT2D eigenvalue weighted by Gasteiger charge is -2.22. The Kier molecular flexibility index (Phi) is 4.15. The number of anilines is 1. The molecule has 1 aliphatic heterocycles. The van der Waals surface area contributed by atoms with E-state index in [0.29, 0.717) is 38.9 Å². The largest absolute Gasteiger partial charge is 0.497 e. The summed E-state index contributed by atoms with van der Waals surface area (Å²) in [5.41, 5.74) is 0.871. The monoisotopic (exact) mass is 422 g/mol. The van der Waals surface area contributed by atoms with Crippen molar-refractivity contribution in [2.24, 2.45) is 0 Å². The number of amides is 1. The lowest BCUT2D eigenvalue weighted by atomic mass is 9.98. The molecule has 150 valence electrons. The molecule has 0 saturated heterocycles. The highest BCUT2D eigenvalue weighted by Crippen LogP contribution is 2.41. The van der Waals surface area contributed by atoms with Gasteiger partial charge in [-0.25, -0.2) is 0 Å². The van der Waals surface area contributed by atoms with Gasteiger partial charge < -0.3 is 13.7 Å². The van der Waals surface area contributed by atoms with E-state index in [0.717, 1.165) is 0 Å². The molecule has 8 heteroatoms. The van der Waals surface area contributed by atoms with Crippen LogP contribution in [0.2, 0.25) is 5.02 Å². The number of carbonyl (C=O) groups excluding carboxylic acids is 1. The molecular weight excluding hydrogens is 408 g/mol. The summed E-state index contributed by atoms with van der Waals surface area (Å²) in [7, 11) is 1.55. The molecule has 4 aromatic rings. The Morgan fingerprint density at radius 3 is 2.70 bits per heavy atom. The minimum Gasteiger partial charge on any atom is -0.497 e. The fraction of sp³-hybridized carbons (Fsp3) is 0.136. The lowest BCUT2D eigenvalue weighted by molar-refractivity contribution is 0.0969. The predicted molar refractivity (Wildman–Crippen MR) is 110 cm³/mol. The van der Waals surface area contributed by atoms with E-state index in [1.165, 1.54) is 4.90 Å². The van der Waals surface area contributed by atoms with Crippen LogP contribution >= 0.6 is 11.6 Å². The number of benzene rings is 2. The molecule has 0 aliphatic carbocycles. The molecule has 2 aromatic heterocycles. The van der Waals surface area contributed by atoms with Crippen molar-refractivity contribution in [1.82, 2.24) is 5.16 Å². The highest BCUT2D eigenvalue weighted by atomic mass is 35.5. The molecule has 1 aliphatic rings. The minimum absolute atomic E-state index is 0.0247. The van der Waals surface area contributed by atoms with Gasteiger partial charge in [-0.2, -0.15) is 0 Å². The zero-order valence-electron chi connectivity index (χ0n) is 16.0. The second-order valence-electron chi connectivity index (χ2n) is 6.96. The van der Waals surface area contributed by atoms with Gasteiger partial charge in [0.05, 0.1) is 24.1 Å². The highest BCUT2D eigenvalue weighted by Gasteiger charge is 2.45. The highest BCUT2D eigenvalue weighted by molar-refractivity contribution is 6.31. The Bertz CT molecular complexity index is 1370. The summed E-state index contributed by atoms with van der Waals surface area (Å²) in [6.45, 7) is 1.73. The van der Waals surface area contributed by atoms with Crippen molar-refractivity contribution in [3.8, 4) is 5.75 Å². The topological polar surface area (TPSA) is 85.8 Å². The second kappa shape index (κ2) is 6.74. The molecule has 7 nitrogen and oxygen atoms in total. The fourth-order valence-corrected chi connectivity index (χ4v) is 3.95. The quantitative estimate of drug-likeness (QED) is 0.483. The number of aromatic nitrogens is 1. The van der Waals surface area contributed by atoms with Gasteiger partial charge in [0.25, 0.3) is 5.91 Å². The van der Waals surface area contributed by atoms with Gasteiger partial charge >= 0.3 is 0 Å². The average molecular weight is 423 g/mol. The minimum atomic E-state index is -0.758. The molecule has 0 saturated carbocycles. The zero-order chi connectivity index (χ0) is 21.0. The summed E-state index contributed by atoms with van der Waals surface area (Å²) in [6, 6.07) is 12.8. The summed E-state index contributed by atoms with van der Waals surface area (Å²) in [6.07, 6.45) is 0. The molecule has 0 bridgehead atoms. The van der Waals surface area contributed by atoms with Gasteiger partial charge in [-0.15, -0.1) is 0 Å². The Balaban J connectivity index is 1.83. The zero-order valence-corrected chi connectivity index (χ0v) is 16.8. The van der Waals surface area contributed by atoms with Crippen LogP contribution in [-0.4, -0.2) is 18.2 Å². The van der Waals surface area contributed by atoms with Gasteiger partial charge in [0, 0.05) is 11.1 Å². The molecule has 0 spiro atoms. The Hall–Kier alpha value is -3.58. The van der Waals surface area contributed by atoms with E-state index in [2.05, 4.69) is 5.16 Å². The first kappa shape index (κ1) is 18.4. The molecular formula is C22H15ClN2O5. The third kappa shape index (κ3) is 2.70. The standard InChI is InChI=1S/C22H15ClN2O5/c1-11-8-17(24-30-11)25-19(12-4-3-5-14(9-12)28-2)18-20(26)15-10-13(23)6-7-16(15)29-21(18)22(25)27/h3-10,19H,1-2H3/t19-/m0/s1. The van der Waals surface area contributed by atoms with Gasteiger partial charge in [-0.05, 0) is 42.8 Å². The summed E-state index contributed by atoms with van der Waals surface area (Å²) < 4.78 is 16.4. The SMILES string of the molecule is COc1cccc([C@H]2c3c(oc4ccc(Cl)cc4c3=O)C(=O)N2c2cc(C)on2)c1. The number of ether oxygens (including phenoxy) is 1. The third-order valence-corrected chi connectivity index (χ3v) is 5.34. The van der Waals surface area contributed by atoms with Crippen LogP contribution in [0.5, 0.6) is 5.75 Å². The average Bonchev–Trinajstić information content (AvgIpc) is 3.30. The van der Waals surface area contributed by atoms with Crippen molar-refractivity contribution in [3.05, 3.63) is 86.4 Å². The molecule has 2 aromatic carbocycles. The van der Waals surface area contributed by atoms with Crippen molar-refractivity contribution in [2.75, 3.05) is 12.0 Å². The maximum Gasteiger partial charge on any atom is 0.296 e. The number of carbonyl (C=O) groups is 1. The van der Waals surface area contributed by atoms with E-state index in [-0.39, 0.29) is 16.8 Å². The first-order valence-corrected chi connectivity index (χ1v) is 9.53. The van der Waals surface area contributed by atoms with E-state index in [1.807, 2.05) is 6.07 Å². The van der Waals surface area contributed by atoms with Crippen molar-refractivity contribution >= 4 is 34.3 Å². The normalized spacial score (nSPS) is 15.6. The molecule has 3 heterocycles. The van der Waals surface area contributed by atoms with Gasteiger partial charge in [-0.3, -0.25) is 14.5 Å². The smallest absolute Gasteiger partial charge is 0.296 e. The Labute approximate surface area is 175 Å².